The van der Waals surface area contributed by atoms with Gasteiger partial charge in [-0.15, -0.1) is 0 Å². The van der Waals surface area contributed by atoms with Crippen LogP contribution in [0.4, 0.5) is 92.2 Å². The number of alkyl halides is 21. The Morgan fingerprint density at radius 1 is 0.368 bits per heavy atom. The summed E-state index contributed by atoms with van der Waals surface area (Å²) in [6, 6.07) is 1.29. The molecule has 1 rings (SSSR count). The van der Waals surface area contributed by atoms with Crippen molar-refractivity contribution < 1.29 is 92.2 Å². The fourth-order valence-corrected chi connectivity index (χ4v) is 3.17. The summed E-state index contributed by atoms with van der Waals surface area (Å²) in [6.45, 7) is 0. The molecule has 0 aliphatic heterocycles. The van der Waals surface area contributed by atoms with Gasteiger partial charge in [0.05, 0.1) is 0 Å². The molecule has 0 atom stereocenters. The molecule has 0 spiro atoms. The molecule has 38 heavy (non-hydrogen) atoms. The van der Waals surface area contributed by atoms with E-state index in [0.29, 0.717) is 34.7 Å². The van der Waals surface area contributed by atoms with Crippen molar-refractivity contribution >= 4 is 22.6 Å². The van der Waals surface area contributed by atoms with Gasteiger partial charge in [0.25, 0.3) is 0 Å². The highest BCUT2D eigenvalue weighted by molar-refractivity contribution is 14.1. The minimum atomic E-state index is -9.17. The zero-order chi connectivity index (χ0) is 31.0. The second-order valence-electron chi connectivity index (χ2n) is 7.15. The average molecular weight is 722 g/mol. The van der Waals surface area contributed by atoms with Crippen molar-refractivity contribution in [3.63, 3.8) is 0 Å². The molecule has 0 fully saturated rings. The molecular formula is C16H4F21I. The number of hydrogen-bond donors (Lipinski definition) is 0. The number of rotatable bonds is 9. The molecule has 0 bridgehead atoms. The third kappa shape index (κ3) is 4.15. The predicted octanol–water partition coefficient (Wildman–Crippen LogP) is 9.03. The van der Waals surface area contributed by atoms with Crippen molar-refractivity contribution in [1.29, 1.82) is 0 Å². The molecule has 0 radical (unpaired) electrons. The Labute approximate surface area is 208 Å². The van der Waals surface area contributed by atoms with Crippen LogP contribution in [0.2, 0.25) is 0 Å². The van der Waals surface area contributed by atoms with Gasteiger partial charge < -0.3 is 0 Å². The molecule has 0 heterocycles. The van der Waals surface area contributed by atoms with Crippen LogP contribution in [-0.2, 0) is 5.92 Å². The summed E-state index contributed by atoms with van der Waals surface area (Å²) in [7, 11) is 0. The van der Waals surface area contributed by atoms with E-state index in [2.05, 4.69) is 0 Å². The second kappa shape index (κ2) is 8.99. The number of benzene rings is 1. The van der Waals surface area contributed by atoms with E-state index in [1.54, 1.807) is 0 Å². The van der Waals surface area contributed by atoms with Gasteiger partial charge in [-0.25, -0.2) is 0 Å². The van der Waals surface area contributed by atoms with Crippen LogP contribution in [0, 0.1) is 3.57 Å². The van der Waals surface area contributed by atoms with E-state index in [-0.39, 0.29) is 6.07 Å². The highest BCUT2D eigenvalue weighted by Crippen LogP contribution is 2.67. The fourth-order valence-electron chi connectivity index (χ4n) is 2.44. The van der Waals surface area contributed by atoms with Gasteiger partial charge in [-0.1, -0.05) is 18.2 Å². The fraction of sp³-hybridized carbons (Fsp3) is 0.625. The largest absolute Gasteiger partial charge is 0.460 e. The first-order valence-corrected chi connectivity index (χ1v) is 9.56. The van der Waals surface area contributed by atoms with E-state index in [0.717, 1.165) is 6.07 Å². The van der Waals surface area contributed by atoms with Gasteiger partial charge in [0, 0.05) is 9.13 Å². The van der Waals surface area contributed by atoms with Crippen LogP contribution in [0.15, 0.2) is 24.3 Å². The first kappa shape index (κ1) is 34.5. The number of halogens is 22. The molecule has 22 heteroatoms. The minimum Gasteiger partial charge on any atom is -0.194 e. The van der Waals surface area contributed by atoms with E-state index in [4.69, 9.17) is 0 Å². The zero-order valence-electron chi connectivity index (χ0n) is 16.6. The summed E-state index contributed by atoms with van der Waals surface area (Å²) in [6.07, 6.45) is -8.00. The van der Waals surface area contributed by atoms with E-state index in [1.165, 1.54) is 0 Å². The lowest BCUT2D eigenvalue weighted by molar-refractivity contribution is -0.474. The lowest BCUT2D eigenvalue weighted by Crippen LogP contribution is -2.76. The Morgan fingerprint density at radius 3 is 0.921 bits per heavy atom. The molecule has 0 saturated carbocycles. The normalized spacial score (nSPS) is 16.2. The maximum atomic E-state index is 14.1. The molecule has 0 aliphatic carbocycles. The molecule has 1 aromatic rings. The van der Waals surface area contributed by atoms with Crippen molar-refractivity contribution in [3.8, 4) is 0 Å². The monoisotopic (exact) mass is 722 g/mol. The van der Waals surface area contributed by atoms with Crippen LogP contribution in [0.25, 0.3) is 0 Å². The van der Waals surface area contributed by atoms with Crippen LogP contribution in [0.1, 0.15) is 5.56 Å². The summed E-state index contributed by atoms with van der Waals surface area (Å²) in [5.74, 6) is -77.0. The SMILES string of the molecule is FC(F)(F)C(F)(F)C(F)(F)C(F)(F)C(F)(F)C(F)(F)C(F)(F)C(F)(F)C(F)(F)C(F)(F)c1ccccc1I. The molecule has 0 nitrogen and oxygen atoms in total. The second-order valence-corrected chi connectivity index (χ2v) is 8.31. The maximum absolute atomic E-state index is 14.1. The summed E-state index contributed by atoms with van der Waals surface area (Å²) < 4.78 is 279. The van der Waals surface area contributed by atoms with Gasteiger partial charge >= 0.3 is 59.5 Å². The van der Waals surface area contributed by atoms with Gasteiger partial charge in [0.2, 0.25) is 0 Å². The van der Waals surface area contributed by atoms with Crippen molar-refractivity contribution in [3.05, 3.63) is 33.4 Å². The van der Waals surface area contributed by atoms with Crippen molar-refractivity contribution in [2.75, 3.05) is 0 Å². The third-order valence-corrected chi connectivity index (χ3v) is 5.66. The Hall–Kier alpha value is -1.52. The first-order chi connectivity index (χ1) is 16.3. The van der Waals surface area contributed by atoms with Crippen LogP contribution >= 0.6 is 22.6 Å². The Bertz CT molecular complexity index is 1020. The lowest BCUT2D eigenvalue weighted by atomic mass is 9.85. The van der Waals surface area contributed by atoms with Gasteiger partial charge in [0.1, 0.15) is 0 Å². The lowest BCUT2D eigenvalue weighted by Gasteiger charge is -2.44. The minimum absolute atomic E-state index is 0.204. The van der Waals surface area contributed by atoms with Crippen LogP contribution in [-0.4, -0.2) is 53.6 Å². The van der Waals surface area contributed by atoms with Crippen molar-refractivity contribution in [2.24, 2.45) is 0 Å². The predicted molar refractivity (Wildman–Crippen MR) is 88.7 cm³/mol. The molecule has 1 aromatic carbocycles. The van der Waals surface area contributed by atoms with Crippen molar-refractivity contribution in [1.82, 2.24) is 0 Å². The van der Waals surface area contributed by atoms with Crippen LogP contribution in [0.3, 0.4) is 0 Å². The summed E-state index contributed by atoms with van der Waals surface area (Å²) in [5.41, 5.74) is -2.36. The molecule has 222 valence electrons. The maximum Gasteiger partial charge on any atom is 0.460 e. The van der Waals surface area contributed by atoms with E-state index in [9.17, 15) is 92.2 Å². The van der Waals surface area contributed by atoms with E-state index < -0.39 is 68.6 Å². The quantitative estimate of drug-likeness (QED) is 0.177. The Balaban J connectivity index is 3.85. The van der Waals surface area contributed by atoms with Crippen LogP contribution in [0.5, 0.6) is 0 Å². The van der Waals surface area contributed by atoms with Gasteiger partial charge in [0.15, 0.2) is 0 Å². The van der Waals surface area contributed by atoms with Crippen molar-refractivity contribution in [2.45, 2.75) is 59.5 Å². The van der Waals surface area contributed by atoms with Crippen LogP contribution < -0.4 is 0 Å². The molecule has 0 N–H and O–H groups in total. The Morgan fingerprint density at radius 2 is 0.632 bits per heavy atom. The Kier molecular flexibility index (Phi) is 8.17. The smallest absolute Gasteiger partial charge is 0.194 e. The van der Waals surface area contributed by atoms with Gasteiger partial charge in [-0.3, -0.25) is 0 Å². The molecule has 0 unspecified atom stereocenters. The molecule has 0 aromatic heterocycles. The van der Waals surface area contributed by atoms with E-state index in [1.807, 2.05) is 0 Å². The highest BCUT2D eigenvalue weighted by Gasteiger charge is 2.97. The first-order valence-electron chi connectivity index (χ1n) is 8.48. The zero-order valence-corrected chi connectivity index (χ0v) is 18.8. The standard InChI is InChI=1S/C16H4F21I/c17-7(18,5-3-1-2-4-6(5)38)8(19,20)9(21,22)10(23,24)11(25,26)12(27,28)13(29,30)14(31,32)15(33,34)16(35,36)37/h1-4H. The topological polar surface area (TPSA) is 0 Å². The summed E-state index contributed by atoms with van der Waals surface area (Å²) >= 11 is 0.677. The van der Waals surface area contributed by atoms with E-state index >= 15 is 0 Å². The van der Waals surface area contributed by atoms with Gasteiger partial charge in [-0.2, -0.15) is 92.2 Å². The molecule has 0 aliphatic rings. The highest BCUT2D eigenvalue weighted by atomic mass is 127. The summed E-state index contributed by atoms with van der Waals surface area (Å²) in [5, 5.41) is 0. The molecular weight excluding hydrogens is 718 g/mol. The van der Waals surface area contributed by atoms with Gasteiger partial charge in [-0.05, 0) is 28.7 Å². The molecule has 0 amide bonds. The third-order valence-electron chi connectivity index (χ3n) is 4.72. The summed E-state index contributed by atoms with van der Waals surface area (Å²) in [4.78, 5) is 0. The average Bonchev–Trinajstić information content (AvgIpc) is 2.71. The number of hydrogen-bond acceptors (Lipinski definition) is 0. The molecule has 0 saturated heterocycles.